The summed E-state index contributed by atoms with van der Waals surface area (Å²) in [7, 11) is 0. The number of esters is 1. The van der Waals surface area contributed by atoms with E-state index in [-0.39, 0.29) is 11.8 Å². The molecule has 0 aromatic rings. The molecule has 0 aliphatic carbocycles. The van der Waals surface area contributed by atoms with Gasteiger partial charge in [-0.15, -0.1) is 0 Å². The van der Waals surface area contributed by atoms with E-state index < -0.39 is 0 Å². The molecule has 0 N–H and O–H groups in total. The molecule has 0 atom stereocenters. The first-order chi connectivity index (χ1) is 11.1. The Morgan fingerprint density at radius 3 is 1.83 bits per heavy atom. The van der Waals surface area contributed by atoms with Gasteiger partial charge in [0.05, 0.1) is 6.61 Å². The van der Waals surface area contributed by atoms with Gasteiger partial charge in [-0.1, -0.05) is 58.8 Å². The zero-order valence-electron chi connectivity index (χ0n) is 15.7. The molecule has 23 heavy (non-hydrogen) atoms. The van der Waals surface area contributed by atoms with Crippen molar-refractivity contribution in [3.63, 3.8) is 0 Å². The van der Waals surface area contributed by atoms with Gasteiger partial charge in [-0.25, -0.2) is 4.79 Å². The number of unbranched alkanes of at least 4 members (excludes halogenated alkanes) is 7. The first kappa shape index (κ1) is 21.9. The highest BCUT2D eigenvalue weighted by molar-refractivity contribution is 6.03. The Morgan fingerprint density at radius 1 is 0.739 bits per heavy atom. The van der Waals surface area contributed by atoms with Crippen molar-refractivity contribution in [1.82, 2.24) is 0 Å². The van der Waals surface area contributed by atoms with E-state index in [4.69, 9.17) is 4.74 Å². The average Bonchev–Trinajstić information content (AvgIpc) is 2.54. The summed E-state index contributed by atoms with van der Waals surface area (Å²) in [5, 5.41) is 0. The van der Waals surface area contributed by atoms with Crippen LogP contribution in [0.3, 0.4) is 0 Å². The van der Waals surface area contributed by atoms with Crippen LogP contribution >= 0.6 is 0 Å². The fourth-order valence-electron chi connectivity index (χ4n) is 2.67. The summed E-state index contributed by atoms with van der Waals surface area (Å²) in [4.78, 5) is 24.5. The predicted molar refractivity (Wildman–Crippen MR) is 96.5 cm³/mol. The molecule has 0 amide bonds. The number of allylic oxidation sites excluding steroid dienone is 1. The maximum atomic E-state index is 12.5. The summed E-state index contributed by atoms with van der Waals surface area (Å²) in [6.07, 6.45) is 11.4. The highest BCUT2D eigenvalue weighted by Gasteiger charge is 2.17. The lowest BCUT2D eigenvalue weighted by Crippen LogP contribution is -2.13. The molecule has 0 saturated heterocycles. The Hall–Kier alpha value is -1.12. The number of rotatable bonds is 14. The lowest BCUT2D eigenvalue weighted by atomic mass is 9.95. The predicted octanol–water partition coefficient (Wildman–Crippen LogP) is 5.77. The molecule has 0 aromatic carbocycles. The zero-order valence-corrected chi connectivity index (χ0v) is 15.7. The smallest absolute Gasteiger partial charge is 0.334 e. The number of ketones is 1. The van der Waals surface area contributed by atoms with Gasteiger partial charge in [0.15, 0.2) is 5.78 Å². The lowest BCUT2D eigenvalue weighted by molar-refractivity contribution is -0.138. The van der Waals surface area contributed by atoms with Crippen molar-refractivity contribution in [3.05, 3.63) is 11.1 Å². The fraction of sp³-hybridized carbons (Fsp3) is 0.800. The summed E-state index contributed by atoms with van der Waals surface area (Å²) in [5.41, 5.74) is 1.22. The molecule has 0 fully saturated rings. The van der Waals surface area contributed by atoms with Crippen LogP contribution in [0.2, 0.25) is 0 Å². The lowest BCUT2D eigenvalue weighted by Gasteiger charge is -2.11. The van der Waals surface area contributed by atoms with Crippen LogP contribution in [0.1, 0.15) is 98.3 Å². The van der Waals surface area contributed by atoms with E-state index in [1.807, 2.05) is 0 Å². The monoisotopic (exact) mass is 324 g/mol. The van der Waals surface area contributed by atoms with Crippen LogP contribution in [-0.4, -0.2) is 18.4 Å². The van der Waals surface area contributed by atoms with E-state index in [9.17, 15) is 9.59 Å². The third kappa shape index (κ3) is 10.3. The molecule has 0 bridgehead atoms. The SMILES string of the molecule is CCCCCCC/C(C(=O)CCCCCC)=C(\C)C(=O)OCC. The summed E-state index contributed by atoms with van der Waals surface area (Å²) >= 11 is 0. The van der Waals surface area contributed by atoms with Crippen molar-refractivity contribution >= 4 is 11.8 Å². The number of hydrogen-bond donors (Lipinski definition) is 0. The minimum atomic E-state index is -0.335. The first-order valence-electron chi connectivity index (χ1n) is 9.48. The molecule has 3 nitrogen and oxygen atoms in total. The molecule has 3 heteroatoms. The third-order valence-corrected chi connectivity index (χ3v) is 4.16. The van der Waals surface area contributed by atoms with Crippen LogP contribution in [0, 0.1) is 0 Å². The first-order valence-corrected chi connectivity index (χ1v) is 9.48. The van der Waals surface area contributed by atoms with E-state index in [1.54, 1.807) is 13.8 Å². The van der Waals surface area contributed by atoms with Gasteiger partial charge in [0.1, 0.15) is 0 Å². The van der Waals surface area contributed by atoms with Gasteiger partial charge in [0.25, 0.3) is 0 Å². The van der Waals surface area contributed by atoms with E-state index in [0.717, 1.165) is 32.1 Å². The van der Waals surface area contributed by atoms with Gasteiger partial charge >= 0.3 is 5.97 Å². The van der Waals surface area contributed by atoms with E-state index >= 15 is 0 Å². The standard InChI is InChI=1S/C20H36O3/c1-5-8-10-12-13-15-18(17(4)20(22)23-7-3)19(21)16-14-11-9-6-2/h5-16H2,1-4H3/b18-17-. The van der Waals surface area contributed by atoms with Crippen LogP contribution in [-0.2, 0) is 14.3 Å². The third-order valence-electron chi connectivity index (χ3n) is 4.16. The highest BCUT2D eigenvalue weighted by atomic mass is 16.5. The van der Waals surface area contributed by atoms with Gasteiger partial charge in [0, 0.05) is 17.6 Å². The topological polar surface area (TPSA) is 43.4 Å². The van der Waals surface area contributed by atoms with Gasteiger partial charge in [-0.2, -0.15) is 0 Å². The number of hydrogen-bond acceptors (Lipinski definition) is 3. The van der Waals surface area contributed by atoms with Crippen LogP contribution in [0.5, 0.6) is 0 Å². The molecule has 0 aromatic heterocycles. The Labute approximate surface area is 142 Å². The summed E-state index contributed by atoms with van der Waals surface area (Å²) in [6, 6.07) is 0. The molecular weight excluding hydrogens is 288 g/mol. The van der Waals surface area contributed by atoms with Gasteiger partial charge in [-0.3, -0.25) is 4.79 Å². The molecule has 0 aliphatic heterocycles. The molecule has 0 saturated carbocycles. The maximum Gasteiger partial charge on any atom is 0.334 e. The van der Waals surface area contributed by atoms with E-state index in [2.05, 4.69) is 13.8 Å². The number of carbonyl (C=O) groups excluding carboxylic acids is 2. The van der Waals surface area contributed by atoms with E-state index in [0.29, 0.717) is 30.6 Å². The Morgan fingerprint density at radius 2 is 1.26 bits per heavy atom. The maximum absolute atomic E-state index is 12.5. The number of ether oxygens (including phenoxy) is 1. The summed E-state index contributed by atoms with van der Waals surface area (Å²) < 4.78 is 5.07. The largest absolute Gasteiger partial charge is 0.463 e. The zero-order chi connectivity index (χ0) is 17.5. The minimum absolute atomic E-state index is 0.141. The van der Waals surface area contributed by atoms with Crippen LogP contribution in [0.15, 0.2) is 11.1 Å². The van der Waals surface area contributed by atoms with Crippen molar-refractivity contribution in [1.29, 1.82) is 0 Å². The quantitative estimate of drug-likeness (QED) is 0.231. The van der Waals surface area contributed by atoms with Crippen molar-refractivity contribution in [2.45, 2.75) is 98.3 Å². The highest BCUT2D eigenvalue weighted by Crippen LogP contribution is 2.20. The summed E-state index contributed by atoms with van der Waals surface area (Å²) in [5.74, 6) is -0.194. The van der Waals surface area contributed by atoms with Gasteiger partial charge in [0.2, 0.25) is 0 Å². The van der Waals surface area contributed by atoms with Crippen LogP contribution in [0.25, 0.3) is 0 Å². The molecular formula is C20H36O3. The molecule has 0 heterocycles. The normalized spacial score (nSPS) is 12.0. The van der Waals surface area contributed by atoms with E-state index in [1.165, 1.54) is 25.7 Å². The molecule has 134 valence electrons. The molecule has 0 radical (unpaired) electrons. The van der Waals surface area contributed by atoms with Crippen LogP contribution in [0.4, 0.5) is 0 Å². The second kappa shape index (κ2) is 14.5. The van der Waals surface area contributed by atoms with Crippen molar-refractivity contribution in [2.24, 2.45) is 0 Å². The Kier molecular flexibility index (Phi) is 13.8. The Balaban J connectivity index is 4.68. The molecule has 0 unspecified atom stereocenters. The molecule has 0 spiro atoms. The molecule has 0 rings (SSSR count). The fourth-order valence-corrected chi connectivity index (χ4v) is 2.67. The second-order valence-corrected chi connectivity index (χ2v) is 6.22. The Bertz CT molecular complexity index is 369. The molecule has 0 aliphatic rings. The van der Waals surface area contributed by atoms with Gasteiger partial charge in [-0.05, 0) is 33.1 Å². The van der Waals surface area contributed by atoms with Gasteiger partial charge < -0.3 is 4.74 Å². The number of Topliss-reactive ketones (excluding diaryl/α,β-unsaturated/α-hetero) is 1. The second-order valence-electron chi connectivity index (χ2n) is 6.22. The summed E-state index contributed by atoms with van der Waals surface area (Å²) in [6.45, 7) is 8.24. The number of carbonyl (C=O) groups is 2. The average molecular weight is 325 g/mol. The van der Waals surface area contributed by atoms with Crippen LogP contribution < -0.4 is 0 Å². The van der Waals surface area contributed by atoms with Crippen molar-refractivity contribution in [2.75, 3.05) is 6.61 Å². The van der Waals surface area contributed by atoms with Crippen molar-refractivity contribution < 1.29 is 14.3 Å². The van der Waals surface area contributed by atoms with Crippen molar-refractivity contribution in [3.8, 4) is 0 Å². The minimum Gasteiger partial charge on any atom is -0.463 e.